The normalized spacial score (nSPS) is 14.4. The average molecular weight is 308 g/mol. The van der Waals surface area contributed by atoms with E-state index in [9.17, 15) is 5.11 Å². The minimum absolute atomic E-state index is 0.376. The maximum atomic E-state index is 9.78. The van der Waals surface area contributed by atoms with E-state index in [4.69, 9.17) is 9.47 Å². The second-order valence-electron chi connectivity index (χ2n) is 4.99. The van der Waals surface area contributed by atoms with Crippen LogP contribution in [0.1, 0.15) is 40.0 Å². The van der Waals surface area contributed by atoms with Gasteiger partial charge in [0.15, 0.2) is 0 Å². The third-order valence-electron chi connectivity index (χ3n) is 2.93. The van der Waals surface area contributed by atoms with E-state index < -0.39 is 6.10 Å². The first-order chi connectivity index (χ1) is 9.70. The molecule has 0 aliphatic heterocycles. The summed E-state index contributed by atoms with van der Waals surface area (Å²) in [6.07, 6.45) is 2.95. The van der Waals surface area contributed by atoms with E-state index in [2.05, 4.69) is 26.1 Å². The van der Waals surface area contributed by atoms with E-state index >= 15 is 0 Å². The lowest BCUT2D eigenvalue weighted by Crippen LogP contribution is -2.36. The maximum Gasteiger partial charge on any atom is 0.0897 e. The van der Waals surface area contributed by atoms with E-state index in [0.29, 0.717) is 32.4 Å². The molecule has 122 valence electrons. The number of aliphatic hydroxyl groups excluding tert-OH is 1. The Morgan fingerprint density at radius 2 is 1.90 bits per heavy atom. The Hall–Kier alpha value is 0.190. The van der Waals surface area contributed by atoms with Crippen molar-refractivity contribution in [3.05, 3.63) is 0 Å². The van der Waals surface area contributed by atoms with Gasteiger partial charge in [-0.2, -0.15) is 11.8 Å². The quantitative estimate of drug-likeness (QED) is 0.455. The summed E-state index contributed by atoms with van der Waals surface area (Å²) in [6, 6.07) is 0.445. The van der Waals surface area contributed by atoms with E-state index in [1.807, 2.05) is 11.8 Å². The Balaban J connectivity index is 3.29. The summed E-state index contributed by atoms with van der Waals surface area (Å²) in [7, 11) is 0. The molecule has 0 rings (SSSR count). The van der Waals surface area contributed by atoms with Crippen LogP contribution in [0.4, 0.5) is 0 Å². The molecular weight excluding hydrogens is 274 g/mol. The highest BCUT2D eigenvalue weighted by Gasteiger charge is 2.07. The van der Waals surface area contributed by atoms with Crippen molar-refractivity contribution < 1.29 is 14.6 Å². The highest BCUT2D eigenvalue weighted by molar-refractivity contribution is 7.99. The maximum absolute atomic E-state index is 9.78. The number of hydrogen-bond acceptors (Lipinski definition) is 5. The molecule has 0 aromatic heterocycles. The van der Waals surface area contributed by atoms with Crippen molar-refractivity contribution >= 4 is 11.8 Å². The molecule has 0 aromatic carbocycles. The highest BCUT2D eigenvalue weighted by atomic mass is 32.2. The molecule has 0 heterocycles. The molecule has 0 saturated heterocycles. The van der Waals surface area contributed by atoms with Crippen molar-refractivity contribution in [1.82, 2.24) is 5.32 Å². The molecule has 4 nitrogen and oxygen atoms in total. The number of aliphatic hydroxyl groups is 1. The van der Waals surface area contributed by atoms with E-state index in [1.54, 1.807) is 0 Å². The van der Waals surface area contributed by atoms with Crippen molar-refractivity contribution in [2.45, 2.75) is 52.2 Å². The molecular formula is C15H33NO3S. The van der Waals surface area contributed by atoms with E-state index in [0.717, 1.165) is 25.9 Å². The Morgan fingerprint density at radius 1 is 1.15 bits per heavy atom. The molecule has 0 aliphatic rings. The van der Waals surface area contributed by atoms with Crippen molar-refractivity contribution in [3.8, 4) is 0 Å². The Morgan fingerprint density at radius 3 is 2.60 bits per heavy atom. The van der Waals surface area contributed by atoms with Crippen LogP contribution in [0.2, 0.25) is 0 Å². The van der Waals surface area contributed by atoms with E-state index in [1.165, 1.54) is 11.5 Å². The number of unbranched alkanes of at least 4 members (excludes halogenated alkanes) is 1. The van der Waals surface area contributed by atoms with Crippen LogP contribution in [0.3, 0.4) is 0 Å². The average Bonchev–Trinajstić information content (AvgIpc) is 2.44. The van der Waals surface area contributed by atoms with Gasteiger partial charge in [-0.25, -0.2) is 0 Å². The zero-order valence-corrected chi connectivity index (χ0v) is 14.2. The molecule has 0 fully saturated rings. The Kier molecular flexibility index (Phi) is 15.7. The summed E-state index contributed by atoms with van der Waals surface area (Å²) in [5.41, 5.74) is 0. The van der Waals surface area contributed by atoms with Gasteiger partial charge in [0.25, 0.3) is 0 Å². The van der Waals surface area contributed by atoms with Crippen LogP contribution >= 0.6 is 11.8 Å². The summed E-state index contributed by atoms with van der Waals surface area (Å²) >= 11 is 1.95. The first kappa shape index (κ1) is 20.2. The zero-order valence-electron chi connectivity index (χ0n) is 13.4. The zero-order chi connectivity index (χ0) is 15.1. The molecule has 0 spiro atoms. The van der Waals surface area contributed by atoms with Gasteiger partial charge in [-0.05, 0) is 31.3 Å². The Labute approximate surface area is 129 Å². The van der Waals surface area contributed by atoms with E-state index in [-0.39, 0.29) is 0 Å². The van der Waals surface area contributed by atoms with Crippen molar-refractivity contribution in [1.29, 1.82) is 0 Å². The number of thioether (sulfide) groups is 1. The van der Waals surface area contributed by atoms with Gasteiger partial charge in [-0.3, -0.25) is 0 Å². The van der Waals surface area contributed by atoms with Crippen LogP contribution < -0.4 is 5.32 Å². The molecule has 0 bridgehead atoms. The van der Waals surface area contributed by atoms with Crippen molar-refractivity contribution in [3.63, 3.8) is 0 Å². The van der Waals surface area contributed by atoms with Gasteiger partial charge in [-0.1, -0.05) is 20.3 Å². The third kappa shape index (κ3) is 14.6. The van der Waals surface area contributed by atoms with Crippen LogP contribution in [-0.2, 0) is 9.47 Å². The van der Waals surface area contributed by atoms with Gasteiger partial charge in [0.1, 0.15) is 0 Å². The summed E-state index contributed by atoms with van der Waals surface area (Å²) in [5.74, 6) is 2.34. The second-order valence-corrected chi connectivity index (χ2v) is 6.38. The monoisotopic (exact) mass is 307 g/mol. The van der Waals surface area contributed by atoms with Crippen LogP contribution in [0, 0.1) is 0 Å². The molecule has 0 radical (unpaired) electrons. The molecule has 20 heavy (non-hydrogen) atoms. The summed E-state index contributed by atoms with van der Waals surface area (Å²) < 4.78 is 10.8. The lowest BCUT2D eigenvalue weighted by atomic mass is 10.2. The van der Waals surface area contributed by atoms with Gasteiger partial charge in [0, 0.05) is 19.2 Å². The lowest BCUT2D eigenvalue weighted by Gasteiger charge is -2.17. The number of nitrogens with one attached hydrogen (secondary N) is 1. The Bertz CT molecular complexity index is 196. The molecule has 5 heteroatoms. The van der Waals surface area contributed by atoms with Gasteiger partial charge in [0.2, 0.25) is 0 Å². The number of rotatable bonds is 15. The minimum atomic E-state index is -0.438. The summed E-state index contributed by atoms with van der Waals surface area (Å²) in [5, 5.41) is 13.1. The minimum Gasteiger partial charge on any atom is -0.389 e. The number of hydrogen-bond donors (Lipinski definition) is 2. The smallest absolute Gasteiger partial charge is 0.0897 e. The van der Waals surface area contributed by atoms with Crippen molar-refractivity contribution in [2.75, 3.05) is 44.5 Å². The summed E-state index contributed by atoms with van der Waals surface area (Å²) in [4.78, 5) is 0. The van der Waals surface area contributed by atoms with Crippen LogP contribution in [0.15, 0.2) is 0 Å². The molecule has 0 saturated carbocycles. The van der Waals surface area contributed by atoms with Crippen molar-refractivity contribution in [2.24, 2.45) is 0 Å². The molecule has 0 aliphatic carbocycles. The fourth-order valence-corrected chi connectivity index (χ4v) is 2.40. The molecule has 2 unspecified atom stereocenters. The van der Waals surface area contributed by atoms with Gasteiger partial charge < -0.3 is 19.9 Å². The highest BCUT2D eigenvalue weighted by Crippen LogP contribution is 2.03. The molecule has 2 atom stereocenters. The predicted octanol–water partition coefficient (Wildman–Crippen LogP) is 2.30. The number of ether oxygens (including phenoxy) is 2. The lowest BCUT2D eigenvalue weighted by molar-refractivity contribution is 0.00332. The summed E-state index contributed by atoms with van der Waals surface area (Å²) in [6.45, 7) is 9.42. The van der Waals surface area contributed by atoms with Gasteiger partial charge >= 0.3 is 0 Å². The van der Waals surface area contributed by atoms with Crippen LogP contribution in [0.5, 0.6) is 0 Å². The standard InChI is InChI=1S/C15H33NO3S/c1-4-6-8-18-9-10-19-13-15(17)12-16-14(3)7-11-20-5-2/h14-17H,4-13H2,1-3H3. The second kappa shape index (κ2) is 15.6. The molecule has 0 aromatic rings. The van der Waals surface area contributed by atoms with Gasteiger partial charge in [-0.15, -0.1) is 0 Å². The first-order valence-electron chi connectivity index (χ1n) is 7.85. The van der Waals surface area contributed by atoms with Gasteiger partial charge in [0.05, 0.1) is 25.9 Å². The molecule has 0 amide bonds. The third-order valence-corrected chi connectivity index (χ3v) is 3.86. The fourth-order valence-electron chi connectivity index (χ4n) is 1.59. The topological polar surface area (TPSA) is 50.7 Å². The van der Waals surface area contributed by atoms with Crippen LogP contribution in [-0.4, -0.2) is 61.7 Å². The largest absolute Gasteiger partial charge is 0.389 e. The van der Waals surface area contributed by atoms with Crippen LogP contribution in [0.25, 0.3) is 0 Å². The predicted molar refractivity (Wildman–Crippen MR) is 87.6 cm³/mol. The SMILES string of the molecule is CCCCOCCOCC(O)CNC(C)CCSCC. The first-order valence-corrected chi connectivity index (χ1v) is 9.00. The molecule has 2 N–H and O–H groups in total. The fraction of sp³-hybridized carbons (Fsp3) is 1.00.